The van der Waals surface area contributed by atoms with Crippen LogP contribution in [0.1, 0.15) is 41.9 Å². The van der Waals surface area contributed by atoms with Gasteiger partial charge in [-0.05, 0) is 47.2 Å². The second-order valence-corrected chi connectivity index (χ2v) is 10.1. The summed E-state index contributed by atoms with van der Waals surface area (Å²) in [6, 6.07) is 25.1. The molecule has 2 amide bonds. The fourth-order valence-corrected chi connectivity index (χ4v) is 5.66. The van der Waals surface area contributed by atoms with Crippen molar-refractivity contribution in [2.75, 3.05) is 19.7 Å². The topological polar surface area (TPSA) is 108 Å². The van der Waals surface area contributed by atoms with E-state index in [1.165, 1.54) is 5.56 Å². The van der Waals surface area contributed by atoms with E-state index in [1.54, 1.807) is 0 Å². The van der Waals surface area contributed by atoms with Gasteiger partial charge in [0.2, 0.25) is 5.91 Å². The molecule has 3 aromatic rings. The van der Waals surface area contributed by atoms with Crippen molar-refractivity contribution in [2.45, 2.75) is 43.8 Å². The van der Waals surface area contributed by atoms with Crippen LogP contribution >= 0.6 is 0 Å². The van der Waals surface area contributed by atoms with Crippen LogP contribution in [-0.4, -0.2) is 59.8 Å². The Balaban J connectivity index is 1.17. The van der Waals surface area contributed by atoms with Crippen LogP contribution in [0.4, 0.5) is 4.79 Å². The summed E-state index contributed by atoms with van der Waals surface area (Å²) in [6.07, 6.45) is 0.624. The molecule has 1 aliphatic carbocycles. The van der Waals surface area contributed by atoms with Gasteiger partial charge in [-0.2, -0.15) is 0 Å². The number of ether oxygens (including phenoxy) is 1. The number of alkyl carbamates (subject to hydrolysis) is 1. The first-order valence-corrected chi connectivity index (χ1v) is 13.4. The summed E-state index contributed by atoms with van der Waals surface area (Å²) in [5.41, 5.74) is 5.57. The van der Waals surface area contributed by atoms with E-state index in [9.17, 15) is 19.5 Å². The molecule has 5 rings (SSSR count). The van der Waals surface area contributed by atoms with Gasteiger partial charge in [0.25, 0.3) is 0 Å². The highest BCUT2D eigenvalue weighted by atomic mass is 16.5. The smallest absolute Gasteiger partial charge is 0.407 e. The van der Waals surface area contributed by atoms with Crippen LogP contribution in [0.3, 0.4) is 0 Å². The molecule has 1 fully saturated rings. The van der Waals surface area contributed by atoms with Gasteiger partial charge in [0.1, 0.15) is 12.6 Å². The van der Waals surface area contributed by atoms with Crippen molar-refractivity contribution in [1.82, 2.24) is 15.5 Å². The summed E-state index contributed by atoms with van der Waals surface area (Å²) in [6.45, 7) is 2.19. The third-order valence-electron chi connectivity index (χ3n) is 7.57. The van der Waals surface area contributed by atoms with E-state index >= 15 is 0 Å². The zero-order valence-electron chi connectivity index (χ0n) is 21.7. The quantitative estimate of drug-likeness (QED) is 0.366. The van der Waals surface area contributed by atoms with E-state index in [-0.39, 0.29) is 18.6 Å². The molecule has 3 N–H and O–H groups in total. The van der Waals surface area contributed by atoms with Gasteiger partial charge in [-0.15, -0.1) is 0 Å². The molecular formula is C31H33N3O5. The van der Waals surface area contributed by atoms with Gasteiger partial charge in [0, 0.05) is 25.0 Å². The molecule has 1 aliphatic heterocycles. The van der Waals surface area contributed by atoms with Crippen molar-refractivity contribution in [3.63, 3.8) is 0 Å². The molecule has 202 valence electrons. The van der Waals surface area contributed by atoms with E-state index in [0.29, 0.717) is 6.54 Å². The van der Waals surface area contributed by atoms with Crippen molar-refractivity contribution < 1.29 is 24.2 Å². The van der Waals surface area contributed by atoms with Crippen molar-refractivity contribution in [1.29, 1.82) is 0 Å². The number of fused-ring (bicyclic) bond motifs is 3. The maximum absolute atomic E-state index is 13.0. The molecule has 1 saturated heterocycles. The predicted octanol–water partition coefficient (Wildman–Crippen LogP) is 4.15. The Hall–Kier alpha value is -4.17. The van der Waals surface area contributed by atoms with Crippen LogP contribution in [0.2, 0.25) is 0 Å². The molecule has 8 heteroatoms. The van der Waals surface area contributed by atoms with Crippen molar-refractivity contribution in [2.24, 2.45) is 0 Å². The van der Waals surface area contributed by atoms with E-state index in [2.05, 4.69) is 27.7 Å². The molecule has 0 bridgehead atoms. The second-order valence-electron chi connectivity index (χ2n) is 10.1. The standard InChI is InChI=1S/C31H33N3O5/c35-29(36)17-28(30(37)32-18-22-11-8-16-34(22)19-21-9-2-1-3-10-21)33-31(38)39-20-27-25-14-6-4-12-23(25)24-13-5-7-15-26(24)27/h1-7,9-10,12-15,22,27-28H,8,11,16-20H2,(H,32,37)(H,33,38)(H,35,36). The number of carboxylic acid groups (broad SMARTS) is 1. The maximum atomic E-state index is 13.0. The van der Waals surface area contributed by atoms with Crippen LogP contribution in [0, 0.1) is 0 Å². The maximum Gasteiger partial charge on any atom is 0.407 e. The molecule has 2 unspecified atom stereocenters. The zero-order chi connectivity index (χ0) is 27.2. The first-order valence-electron chi connectivity index (χ1n) is 13.4. The third-order valence-corrected chi connectivity index (χ3v) is 7.57. The Labute approximate surface area is 228 Å². The Kier molecular flexibility index (Phi) is 8.22. The number of hydrogen-bond acceptors (Lipinski definition) is 5. The van der Waals surface area contributed by atoms with Crippen molar-refractivity contribution in [3.05, 3.63) is 95.6 Å². The molecular weight excluding hydrogens is 494 g/mol. The third kappa shape index (κ3) is 6.29. The second kappa shape index (κ2) is 12.1. The average molecular weight is 528 g/mol. The molecule has 2 atom stereocenters. The number of nitrogens with zero attached hydrogens (tertiary/aromatic N) is 1. The number of rotatable bonds is 10. The SMILES string of the molecule is O=C(O)CC(NC(=O)OCC1c2ccccc2-c2ccccc21)C(=O)NCC1CCCN1Cc1ccccc1. The van der Waals surface area contributed by atoms with Crippen molar-refractivity contribution in [3.8, 4) is 11.1 Å². The minimum atomic E-state index is -1.23. The van der Waals surface area contributed by atoms with Gasteiger partial charge >= 0.3 is 12.1 Å². The van der Waals surface area contributed by atoms with E-state index in [4.69, 9.17) is 4.74 Å². The summed E-state index contributed by atoms with van der Waals surface area (Å²) >= 11 is 0. The van der Waals surface area contributed by atoms with Gasteiger partial charge < -0.3 is 20.5 Å². The largest absolute Gasteiger partial charge is 0.481 e. The summed E-state index contributed by atoms with van der Waals surface area (Å²) < 4.78 is 5.53. The van der Waals surface area contributed by atoms with Gasteiger partial charge in [-0.25, -0.2) is 4.79 Å². The Morgan fingerprint density at radius 3 is 2.23 bits per heavy atom. The number of benzene rings is 3. The minimum absolute atomic E-state index is 0.0811. The van der Waals surface area contributed by atoms with Crippen LogP contribution in [0.25, 0.3) is 11.1 Å². The molecule has 3 aromatic carbocycles. The summed E-state index contributed by atoms with van der Waals surface area (Å²) in [7, 11) is 0. The molecule has 39 heavy (non-hydrogen) atoms. The number of carbonyl (C=O) groups excluding carboxylic acids is 2. The number of likely N-dealkylation sites (tertiary alicyclic amines) is 1. The molecule has 0 saturated carbocycles. The molecule has 0 aromatic heterocycles. The summed E-state index contributed by atoms with van der Waals surface area (Å²) in [4.78, 5) is 39.5. The number of carbonyl (C=O) groups is 3. The number of amides is 2. The number of hydrogen-bond donors (Lipinski definition) is 3. The van der Waals surface area contributed by atoms with E-state index in [1.807, 2.05) is 66.7 Å². The lowest BCUT2D eigenvalue weighted by atomic mass is 9.98. The lowest BCUT2D eigenvalue weighted by Crippen LogP contribution is -2.50. The lowest BCUT2D eigenvalue weighted by molar-refractivity contribution is -0.139. The fourth-order valence-electron chi connectivity index (χ4n) is 5.66. The summed E-state index contributed by atoms with van der Waals surface area (Å²) in [5, 5.41) is 14.7. The normalized spacial score (nSPS) is 17.2. The minimum Gasteiger partial charge on any atom is -0.481 e. The van der Waals surface area contributed by atoms with Crippen molar-refractivity contribution >= 4 is 18.0 Å². The summed E-state index contributed by atoms with van der Waals surface area (Å²) in [5.74, 6) is -1.84. The molecule has 0 spiro atoms. The number of aliphatic carboxylic acids is 1. The highest BCUT2D eigenvalue weighted by Gasteiger charge is 2.31. The fraction of sp³-hybridized carbons (Fsp3) is 0.323. The Morgan fingerprint density at radius 1 is 0.923 bits per heavy atom. The number of nitrogens with one attached hydrogen (secondary N) is 2. The molecule has 8 nitrogen and oxygen atoms in total. The van der Waals surface area contributed by atoms with Gasteiger partial charge in [-0.3, -0.25) is 14.5 Å². The zero-order valence-corrected chi connectivity index (χ0v) is 21.7. The first-order chi connectivity index (χ1) is 19.0. The lowest BCUT2D eigenvalue weighted by Gasteiger charge is -2.26. The van der Waals surface area contributed by atoms with Gasteiger partial charge in [0.15, 0.2) is 0 Å². The van der Waals surface area contributed by atoms with E-state index < -0.39 is 30.4 Å². The van der Waals surface area contributed by atoms with Gasteiger partial charge in [-0.1, -0.05) is 78.9 Å². The monoisotopic (exact) mass is 527 g/mol. The van der Waals surface area contributed by atoms with Crippen LogP contribution in [-0.2, 0) is 20.9 Å². The molecule has 2 aliphatic rings. The Bertz CT molecular complexity index is 1280. The first kappa shape index (κ1) is 26.4. The van der Waals surface area contributed by atoms with Gasteiger partial charge in [0.05, 0.1) is 6.42 Å². The molecule has 1 heterocycles. The highest BCUT2D eigenvalue weighted by Crippen LogP contribution is 2.44. The van der Waals surface area contributed by atoms with Crippen LogP contribution in [0.15, 0.2) is 78.9 Å². The molecule has 0 radical (unpaired) electrons. The predicted molar refractivity (Wildman–Crippen MR) is 147 cm³/mol. The van der Waals surface area contributed by atoms with Crippen LogP contribution < -0.4 is 10.6 Å². The number of carboxylic acids is 1. The van der Waals surface area contributed by atoms with E-state index in [0.717, 1.165) is 48.2 Å². The Morgan fingerprint density at radius 2 is 1.56 bits per heavy atom. The highest BCUT2D eigenvalue weighted by molar-refractivity contribution is 5.89. The van der Waals surface area contributed by atoms with Crippen LogP contribution in [0.5, 0.6) is 0 Å². The average Bonchev–Trinajstić information content (AvgIpc) is 3.52.